The van der Waals surface area contributed by atoms with Crippen molar-refractivity contribution in [2.75, 3.05) is 13.6 Å². The Kier molecular flexibility index (Phi) is 3.56. The Morgan fingerprint density at radius 3 is 2.20 bits per heavy atom. The van der Waals surface area contributed by atoms with Crippen LogP contribution in [0.25, 0.3) is 0 Å². The van der Waals surface area contributed by atoms with E-state index in [-0.39, 0.29) is 0 Å². The highest BCUT2D eigenvalue weighted by Gasteiger charge is 2.41. The van der Waals surface area contributed by atoms with Gasteiger partial charge >= 0.3 is 0 Å². The van der Waals surface area contributed by atoms with Crippen molar-refractivity contribution in [3.63, 3.8) is 0 Å². The molecule has 20 heavy (non-hydrogen) atoms. The number of hydrogen-bond acceptors (Lipinski definition) is 3. The van der Waals surface area contributed by atoms with Gasteiger partial charge in [-0.05, 0) is 58.9 Å². The van der Waals surface area contributed by atoms with Gasteiger partial charge in [-0.15, -0.1) is 0 Å². The van der Waals surface area contributed by atoms with E-state index in [9.17, 15) is 0 Å². The summed E-state index contributed by atoms with van der Waals surface area (Å²) in [6.45, 7) is 3.75. The van der Waals surface area contributed by atoms with Crippen molar-refractivity contribution < 1.29 is 0 Å². The fraction of sp³-hybridized carbons (Fsp3) is 1.00. The van der Waals surface area contributed by atoms with Crippen LogP contribution in [0.2, 0.25) is 0 Å². The first-order valence-corrected chi connectivity index (χ1v) is 8.94. The van der Waals surface area contributed by atoms with Crippen molar-refractivity contribution in [2.24, 2.45) is 0 Å². The van der Waals surface area contributed by atoms with E-state index in [2.05, 4.69) is 29.1 Å². The summed E-state index contributed by atoms with van der Waals surface area (Å²) in [5.74, 6) is 0. The van der Waals surface area contributed by atoms with Crippen LogP contribution < -0.4 is 5.32 Å². The van der Waals surface area contributed by atoms with Gasteiger partial charge < -0.3 is 10.2 Å². The lowest BCUT2D eigenvalue weighted by Crippen LogP contribution is -2.56. The Balaban J connectivity index is 1.33. The number of rotatable bonds is 3. The minimum absolute atomic E-state index is 0.764. The van der Waals surface area contributed by atoms with E-state index in [1.165, 1.54) is 57.9 Å². The molecular formula is C17H31N3. The molecule has 114 valence electrons. The molecule has 0 aromatic rings. The third kappa shape index (κ3) is 2.53. The monoisotopic (exact) mass is 277 g/mol. The zero-order valence-electron chi connectivity index (χ0n) is 13.2. The zero-order valence-corrected chi connectivity index (χ0v) is 13.2. The van der Waals surface area contributed by atoms with Crippen LogP contribution >= 0.6 is 0 Å². The number of nitrogens with zero attached hydrogens (tertiary/aromatic N) is 2. The predicted molar refractivity (Wildman–Crippen MR) is 82.9 cm³/mol. The van der Waals surface area contributed by atoms with Crippen molar-refractivity contribution in [3.8, 4) is 0 Å². The van der Waals surface area contributed by atoms with Gasteiger partial charge in [-0.1, -0.05) is 6.42 Å². The molecule has 0 spiro atoms. The molecule has 3 aliphatic heterocycles. The Bertz CT molecular complexity index is 340. The maximum absolute atomic E-state index is 4.04. The SMILES string of the molecule is CC1CC(NC2CC3CCCC(C2)N3C)CN1C1CC1. The second-order valence-electron chi connectivity index (χ2n) is 7.95. The Labute approximate surface area is 124 Å². The van der Waals surface area contributed by atoms with E-state index in [1.807, 2.05) is 0 Å². The molecule has 1 aliphatic carbocycles. The Morgan fingerprint density at radius 2 is 1.55 bits per heavy atom. The lowest BCUT2D eigenvalue weighted by atomic mass is 9.82. The molecule has 3 nitrogen and oxygen atoms in total. The summed E-state index contributed by atoms with van der Waals surface area (Å²) in [6, 6.07) is 5.02. The van der Waals surface area contributed by atoms with Crippen LogP contribution in [-0.2, 0) is 0 Å². The Morgan fingerprint density at radius 1 is 0.850 bits per heavy atom. The van der Waals surface area contributed by atoms with Gasteiger partial charge in [0.2, 0.25) is 0 Å². The van der Waals surface area contributed by atoms with Crippen molar-refractivity contribution in [1.82, 2.24) is 15.1 Å². The molecule has 4 aliphatic rings. The van der Waals surface area contributed by atoms with Crippen LogP contribution in [-0.4, -0.2) is 59.6 Å². The first kappa shape index (κ1) is 13.5. The molecule has 0 radical (unpaired) electrons. The molecule has 0 aromatic carbocycles. The molecule has 4 rings (SSSR count). The molecule has 1 N–H and O–H groups in total. The second kappa shape index (κ2) is 5.26. The van der Waals surface area contributed by atoms with Crippen LogP contribution in [0.15, 0.2) is 0 Å². The molecule has 4 fully saturated rings. The van der Waals surface area contributed by atoms with E-state index in [4.69, 9.17) is 0 Å². The van der Waals surface area contributed by atoms with Gasteiger partial charge in [-0.2, -0.15) is 0 Å². The summed E-state index contributed by atoms with van der Waals surface area (Å²) in [5, 5.41) is 4.04. The average Bonchev–Trinajstić information content (AvgIpc) is 3.16. The molecular weight excluding hydrogens is 246 g/mol. The first-order chi connectivity index (χ1) is 9.70. The number of hydrogen-bond donors (Lipinski definition) is 1. The van der Waals surface area contributed by atoms with Crippen LogP contribution in [0, 0.1) is 0 Å². The largest absolute Gasteiger partial charge is 0.310 e. The molecule has 1 saturated carbocycles. The minimum atomic E-state index is 0.764. The first-order valence-electron chi connectivity index (χ1n) is 8.94. The molecule has 3 heteroatoms. The summed E-state index contributed by atoms with van der Waals surface area (Å²) in [6.07, 6.45) is 11.4. The fourth-order valence-electron chi connectivity index (χ4n) is 5.18. The summed E-state index contributed by atoms with van der Waals surface area (Å²) < 4.78 is 0. The highest BCUT2D eigenvalue weighted by atomic mass is 15.3. The third-order valence-electron chi connectivity index (χ3n) is 6.45. The summed E-state index contributed by atoms with van der Waals surface area (Å²) in [5.41, 5.74) is 0. The van der Waals surface area contributed by atoms with E-state index in [0.29, 0.717) is 0 Å². The Hall–Kier alpha value is -0.120. The van der Waals surface area contributed by atoms with Crippen LogP contribution in [0.3, 0.4) is 0 Å². The summed E-state index contributed by atoms with van der Waals surface area (Å²) in [7, 11) is 2.36. The molecule has 0 amide bonds. The van der Waals surface area contributed by atoms with E-state index >= 15 is 0 Å². The van der Waals surface area contributed by atoms with E-state index in [1.54, 1.807) is 0 Å². The van der Waals surface area contributed by atoms with Crippen molar-refractivity contribution in [3.05, 3.63) is 0 Å². The maximum Gasteiger partial charge on any atom is 0.0212 e. The lowest BCUT2D eigenvalue weighted by Gasteiger charge is -2.47. The quantitative estimate of drug-likeness (QED) is 0.853. The fourth-order valence-corrected chi connectivity index (χ4v) is 5.18. The topological polar surface area (TPSA) is 18.5 Å². The van der Waals surface area contributed by atoms with Crippen molar-refractivity contribution in [2.45, 2.75) is 94.5 Å². The van der Waals surface area contributed by atoms with Gasteiger partial charge in [0, 0.05) is 42.8 Å². The standard InChI is InChI=1S/C17H31N3/c1-12-8-14(11-20(12)15-6-7-15)18-13-9-16-4-3-5-17(10-13)19(16)2/h12-18H,3-11H2,1-2H3. The molecule has 4 unspecified atom stereocenters. The van der Waals surface area contributed by atoms with Gasteiger partial charge in [0.1, 0.15) is 0 Å². The lowest BCUT2D eigenvalue weighted by molar-refractivity contribution is 0.0460. The highest BCUT2D eigenvalue weighted by molar-refractivity contribution is 4.99. The zero-order chi connectivity index (χ0) is 13.7. The van der Waals surface area contributed by atoms with Gasteiger partial charge in [-0.25, -0.2) is 0 Å². The summed E-state index contributed by atoms with van der Waals surface area (Å²) >= 11 is 0. The maximum atomic E-state index is 4.04. The molecule has 4 atom stereocenters. The van der Waals surface area contributed by atoms with Gasteiger partial charge in [-0.3, -0.25) is 4.90 Å². The third-order valence-corrected chi connectivity index (χ3v) is 6.45. The number of likely N-dealkylation sites (tertiary alicyclic amines) is 1. The van der Waals surface area contributed by atoms with Crippen molar-refractivity contribution in [1.29, 1.82) is 0 Å². The smallest absolute Gasteiger partial charge is 0.0212 e. The molecule has 3 heterocycles. The van der Waals surface area contributed by atoms with Crippen LogP contribution in [0.5, 0.6) is 0 Å². The van der Waals surface area contributed by atoms with Gasteiger partial charge in [0.25, 0.3) is 0 Å². The number of nitrogens with one attached hydrogen (secondary N) is 1. The average molecular weight is 277 g/mol. The van der Waals surface area contributed by atoms with E-state index < -0.39 is 0 Å². The van der Waals surface area contributed by atoms with Gasteiger partial charge in [0.05, 0.1) is 0 Å². The van der Waals surface area contributed by atoms with Crippen LogP contribution in [0.4, 0.5) is 0 Å². The second-order valence-corrected chi connectivity index (χ2v) is 7.95. The molecule has 0 aromatic heterocycles. The minimum Gasteiger partial charge on any atom is -0.310 e. The van der Waals surface area contributed by atoms with E-state index in [0.717, 1.165) is 36.3 Å². The summed E-state index contributed by atoms with van der Waals surface area (Å²) in [4.78, 5) is 5.45. The normalized spacial score (nSPS) is 46.8. The van der Waals surface area contributed by atoms with Gasteiger partial charge in [0.15, 0.2) is 0 Å². The van der Waals surface area contributed by atoms with Crippen molar-refractivity contribution >= 4 is 0 Å². The predicted octanol–water partition coefficient (Wildman–Crippen LogP) is 2.22. The number of piperidine rings is 2. The number of fused-ring (bicyclic) bond motifs is 2. The molecule has 3 saturated heterocycles. The van der Waals surface area contributed by atoms with Crippen LogP contribution in [0.1, 0.15) is 58.3 Å². The molecule has 2 bridgehead atoms. The highest BCUT2D eigenvalue weighted by Crippen LogP contribution is 2.35.